The summed E-state index contributed by atoms with van der Waals surface area (Å²) in [6, 6.07) is 10.8. The number of carbonyl (C=O) groups excluding carboxylic acids is 1. The van der Waals surface area contributed by atoms with Crippen molar-refractivity contribution in [3.8, 4) is 5.75 Å². The summed E-state index contributed by atoms with van der Waals surface area (Å²) in [5.74, 6) is 0.313. The standard InChI is InChI=1S/C20H23F3N4O2/c1-2-24-19(27-13-14-3-7-16(8-4-14)20(21,22)23)26-12-11-25-18(29)15-5-9-17(28)10-6-15/h3-10,28H,2,11-13H2,1H3,(H,25,29)(H2,24,26,27). The number of halogens is 3. The molecule has 0 aromatic heterocycles. The van der Waals surface area contributed by atoms with Crippen LogP contribution in [0.15, 0.2) is 53.5 Å². The first-order valence-electron chi connectivity index (χ1n) is 9.05. The monoisotopic (exact) mass is 408 g/mol. The summed E-state index contributed by atoms with van der Waals surface area (Å²) in [4.78, 5) is 16.3. The van der Waals surface area contributed by atoms with Gasteiger partial charge in [-0.25, -0.2) is 4.99 Å². The van der Waals surface area contributed by atoms with E-state index in [-0.39, 0.29) is 18.2 Å². The van der Waals surface area contributed by atoms with Gasteiger partial charge in [0.15, 0.2) is 5.96 Å². The minimum Gasteiger partial charge on any atom is -0.508 e. The number of hydrogen-bond donors (Lipinski definition) is 4. The predicted molar refractivity (Wildman–Crippen MR) is 105 cm³/mol. The van der Waals surface area contributed by atoms with Gasteiger partial charge in [-0.2, -0.15) is 13.2 Å². The number of carbonyl (C=O) groups is 1. The van der Waals surface area contributed by atoms with Crippen molar-refractivity contribution in [3.05, 3.63) is 65.2 Å². The quantitative estimate of drug-likeness (QED) is 0.322. The van der Waals surface area contributed by atoms with E-state index in [4.69, 9.17) is 0 Å². The molecule has 0 aliphatic heterocycles. The molecule has 29 heavy (non-hydrogen) atoms. The van der Waals surface area contributed by atoms with Crippen LogP contribution in [0.2, 0.25) is 0 Å². The van der Waals surface area contributed by atoms with Gasteiger partial charge in [0.2, 0.25) is 0 Å². The Bertz CT molecular complexity index is 819. The van der Waals surface area contributed by atoms with Crippen LogP contribution in [0, 0.1) is 0 Å². The minimum atomic E-state index is -4.36. The highest BCUT2D eigenvalue weighted by Crippen LogP contribution is 2.29. The van der Waals surface area contributed by atoms with Gasteiger partial charge >= 0.3 is 6.18 Å². The van der Waals surface area contributed by atoms with E-state index in [1.54, 1.807) is 0 Å². The van der Waals surface area contributed by atoms with Gasteiger partial charge in [-0.1, -0.05) is 12.1 Å². The van der Waals surface area contributed by atoms with Gasteiger partial charge in [-0.15, -0.1) is 0 Å². The zero-order valence-electron chi connectivity index (χ0n) is 15.9. The van der Waals surface area contributed by atoms with Crippen LogP contribution < -0.4 is 16.0 Å². The van der Waals surface area contributed by atoms with Gasteiger partial charge < -0.3 is 21.1 Å². The summed E-state index contributed by atoms with van der Waals surface area (Å²) < 4.78 is 37.8. The number of rotatable bonds is 7. The molecule has 0 spiro atoms. The molecular formula is C20H23F3N4O2. The molecule has 0 aliphatic rings. The number of guanidine groups is 1. The molecular weight excluding hydrogens is 385 g/mol. The fraction of sp³-hybridized carbons (Fsp3) is 0.300. The Balaban J connectivity index is 1.82. The molecule has 0 saturated carbocycles. The largest absolute Gasteiger partial charge is 0.508 e. The van der Waals surface area contributed by atoms with E-state index in [9.17, 15) is 23.1 Å². The first-order chi connectivity index (χ1) is 13.8. The van der Waals surface area contributed by atoms with Gasteiger partial charge in [0.25, 0.3) is 5.91 Å². The van der Waals surface area contributed by atoms with E-state index in [2.05, 4.69) is 20.9 Å². The molecule has 0 fully saturated rings. The van der Waals surface area contributed by atoms with Gasteiger partial charge in [0, 0.05) is 25.2 Å². The first kappa shape index (κ1) is 22.1. The first-order valence-corrected chi connectivity index (χ1v) is 9.05. The Hall–Kier alpha value is -3.23. The zero-order valence-corrected chi connectivity index (χ0v) is 15.9. The van der Waals surface area contributed by atoms with Crippen LogP contribution in [0.4, 0.5) is 13.2 Å². The molecule has 0 radical (unpaired) electrons. The van der Waals surface area contributed by atoms with Crippen molar-refractivity contribution in [3.63, 3.8) is 0 Å². The summed E-state index contributed by atoms with van der Waals surface area (Å²) in [5, 5.41) is 18.1. The number of alkyl halides is 3. The summed E-state index contributed by atoms with van der Waals surface area (Å²) in [7, 11) is 0. The Morgan fingerprint density at radius 1 is 0.966 bits per heavy atom. The maximum absolute atomic E-state index is 12.6. The van der Waals surface area contributed by atoms with E-state index >= 15 is 0 Å². The number of benzene rings is 2. The van der Waals surface area contributed by atoms with Crippen LogP contribution in [-0.4, -0.2) is 36.6 Å². The number of nitrogens with zero attached hydrogens (tertiary/aromatic N) is 1. The van der Waals surface area contributed by atoms with Gasteiger partial charge in [0.05, 0.1) is 12.1 Å². The SMILES string of the molecule is CCNC(=NCc1ccc(C(F)(F)F)cc1)NCCNC(=O)c1ccc(O)cc1. The van der Waals surface area contributed by atoms with Crippen molar-refractivity contribution in [2.45, 2.75) is 19.6 Å². The molecule has 0 aliphatic carbocycles. The molecule has 4 N–H and O–H groups in total. The molecule has 2 aromatic rings. The highest BCUT2D eigenvalue weighted by molar-refractivity contribution is 5.94. The molecule has 0 heterocycles. The number of phenolic OH excluding ortho intramolecular Hbond substituents is 1. The van der Waals surface area contributed by atoms with Crippen LogP contribution >= 0.6 is 0 Å². The molecule has 9 heteroatoms. The minimum absolute atomic E-state index is 0.0859. The molecule has 0 atom stereocenters. The maximum atomic E-state index is 12.6. The number of aliphatic imine (C=N–C) groups is 1. The molecule has 0 unspecified atom stereocenters. The van der Waals surface area contributed by atoms with Crippen molar-refractivity contribution in [2.24, 2.45) is 4.99 Å². The lowest BCUT2D eigenvalue weighted by Gasteiger charge is -2.12. The van der Waals surface area contributed by atoms with Crippen LogP contribution in [0.25, 0.3) is 0 Å². The fourth-order valence-electron chi connectivity index (χ4n) is 2.38. The van der Waals surface area contributed by atoms with E-state index in [0.717, 1.165) is 12.1 Å². The fourth-order valence-corrected chi connectivity index (χ4v) is 2.38. The van der Waals surface area contributed by atoms with Crippen molar-refractivity contribution >= 4 is 11.9 Å². The lowest BCUT2D eigenvalue weighted by atomic mass is 10.1. The highest BCUT2D eigenvalue weighted by Gasteiger charge is 2.29. The van der Waals surface area contributed by atoms with Gasteiger partial charge in [-0.3, -0.25) is 4.79 Å². The van der Waals surface area contributed by atoms with E-state index in [0.29, 0.717) is 36.7 Å². The highest BCUT2D eigenvalue weighted by atomic mass is 19.4. The number of nitrogens with one attached hydrogen (secondary N) is 3. The predicted octanol–water partition coefficient (Wildman–Crippen LogP) is 2.90. The number of hydrogen-bond acceptors (Lipinski definition) is 3. The molecule has 0 saturated heterocycles. The van der Waals surface area contributed by atoms with E-state index < -0.39 is 11.7 Å². The second-order valence-corrected chi connectivity index (χ2v) is 6.12. The van der Waals surface area contributed by atoms with Gasteiger partial charge in [-0.05, 0) is 48.9 Å². The van der Waals surface area contributed by atoms with Crippen molar-refractivity contribution < 1.29 is 23.1 Å². The van der Waals surface area contributed by atoms with Crippen LogP contribution in [0.5, 0.6) is 5.75 Å². The lowest BCUT2D eigenvalue weighted by molar-refractivity contribution is -0.137. The van der Waals surface area contributed by atoms with Gasteiger partial charge in [0.1, 0.15) is 5.75 Å². The average Bonchev–Trinajstić information content (AvgIpc) is 2.69. The van der Waals surface area contributed by atoms with Crippen LogP contribution in [-0.2, 0) is 12.7 Å². The average molecular weight is 408 g/mol. The third-order valence-electron chi connectivity index (χ3n) is 3.88. The molecule has 156 valence electrons. The number of amides is 1. The summed E-state index contributed by atoms with van der Waals surface area (Å²) in [5.41, 5.74) is 0.390. The second-order valence-electron chi connectivity index (χ2n) is 6.12. The maximum Gasteiger partial charge on any atom is 0.416 e. The molecule has 2 aromatic carbocycles. The van der Waals surface area contributed by atoms with E-state index in [1.165, 1.54) is 36.4 Å². The summed E-state index contributed by atoms with van der Waals surface area (Å²) >= 11 is 0. The van der Waals surface area contributed by atoms with E-state index in [1.807, 2.05) is 6.92 Å². The number of phenols is 1. The third kappa shape index (κ3) is 7.36. The van der Waals surface area contributed by atoms with Crippen molar-refractivity contribution in [1.29, 1.82) is 0 Å². The smallest absolute Gasteiger partial charge is 0.416 e. The molecule has 2 rings (SSSR count). The Kier molecular flexibility index (Phi) is 7.88. The summed E-state index contributed by atoms with van der Waals surface area (Å²) in [6.45, 7) is 3.46. The van der Waals surface area contributed by atoms with Crippen molar-refractivity contribution in [1.82, 2.24) is 16.0 Å². The van der Waals surface area contributed by atoms with Crippen molar-refractivity contribution in [2.75, 3.05) is 19.6 Å². The second kappa shape index (κ2) is 10.4. The topological polar surface area (TPSA) is 85.8 Å². The number of aromatic hydroxyl groups is 1. The van der Waals surface area contributed by atoms with Crippen LogP contribution in [0.3, 0.4) is 0 Å². The Morgan fingerprint density at radius 3 is 2.17 bits per heavy atom. The molecule has 6 nitrogen and oxygen atoms in total. The van der Waals surface area contributed by atoms with Crippen LogP contribution in [0.1, 0.15) is 28.4 Å². The Morgan fingerprint density at radius 2 is 1.59 bits per heavy atom. The molecule has 0 bridgehead atoms. The normalized spacial score (nSPS) is 11.8. The Labute approximate surface area is 166 Å². The summed E-state index contributed by atoms with van der Waals surface area (Å²) in [6.07, 6.45) is -4.36. The third-order valence-corrected chi connectivity index (χ3v) is 3.88. The molecule has 1 amide bonds. The lowest BCUT2D eigenvalue weighted by Crippen LogP contribution is -2.41. The zero-order chi connectivity index (χ0) is 21.3.